The number of nitrogens with one attached hydrogen (secondary N) is 2. The zero-order valence-corrected chi connectivity index (χ0v) is 24.7. The Morgan fingerprint density at radius 3 is 2.66 bits per heavy atom. The first kappa shape index (κ1) is 28.8. The van der Waals surface area contributed by atoms with Gasteiger partial charge in [-0.2, -0.15) is 5.10 Å². The molecule has 4 heterocycles. The normalized spacial score (nSPS) is 15.5. The Bertz CT molecular complexity index is 1890. The van der Waals surface area contributed by atoms with E-state index in [0.717, 1.165) is 24.9 Å². The Balaban J connectivity index is 1.29. The van der Waals surface area contributed by atoms with Gasteiger partial charge in [-0.05, 0) is 63.2 Å². The number of aromatic nitrogens is 5. The number of anilines is 3. The number of hydrogen-bond acceptors (Lipinski definition) is 10. The molecule has 1 fully saturated rings. The minimum absolute atomic E-state index is 0.115. The number of aryl methyl sites for hydroxylation is 1. The second kappa shape index (κ2) is 12.1. The van der Waals surface area contributed by atoms with Crippen molar-refractivity contribution < 1.29 is 23.4 Å². The maximum atomic E-state index is 14.9. The summed E-state index contributed by atoms with van der Waals surface area (Å²) in [5.41, 5.74) is 2.97. The number of likely N-dealkylation sites (tertiary alicyclic amines) is 1. The Hall–Kier alpha value is -5.30. The second-order valence-electron chi connectivity index (χ2n) is 10.4. The molecule has 226 valence electrons. The van der Waals surface area contributed by atoms with Crippen molar-refractivity contribution in [1.82, 2.24) is 29.5 Å². The van der Waals surface area contributed by atoms with Crippen LogP contribution in [0.2, 0.25) is 0 Å². The van der Waals surface area contributed by atoms with E-state index in [1.54, 1.807) is 48.2 Å². The third-order valence-corrected chi connectivity index (χ3v) is 7.56. The van der Waals surface area contributed by atoms with Gasteiger partial charge in [0.2, 0.25) is 0 Å². The van der Waals surface area contributed by atoms with Crippen molar-refractivity contribution in [2.45, 2.75) is 25.8 Å². The molecule has 6 rings (SSSR count). The van der Waals surface area contributed by atoms with E-state index in [2.05, 4.69) is 30.7 Å². The molecule has 1 aliphatic heterocycles. The van der Waals surface area contributed by atoms with Crippen LogP contribution in [0, 0.1) is 6.92 Å². The van der Waals surface area contributed by atoms with Crippen molar-refractivity contribution in [2.24, 2.45) is 0 Å². The van der Waals surface area contributed by atoms with Crippen LogP contribution < -0.4 is 24.8 Å². The van der Waals surface area contributed by atoms with E-state index < -0.39 is 11.7 Å². The number of hydrogen-bond donors (Lipinski definition) is 2. The molecule has 0 saturated carbocycles. The van der Waals surface area contributed by atoms with Crippen LogP contribution in [0.4, 0.5) is 21.6 Å². The lowest BCUT2D eigenvalue weighted by molar-refractivity contribution is -0.114. The minimum Gasteiger partial charge on any atom is -0.494 e. The van der Waals surface area contributed by atoms with E-state index in [1.165, 1.54) is 25.8 Å². The monoisotopic (exact) mass is 598 g/mol. The zero-order valence-electron chi connectivity index (χ0n) is 24.7. The summed E-state index contributed by atoms with van der Waals surface area (Å²) in [6.45, 7) is 2.78. The van der Waals surface area contributed by atoms with Crippen molar-refractivity contribution in [3.63, 3.8) is 0 Å². The highest BCUT2D eigenvalue weighted by Gasteiger charge is 2.22. The molecule has 44 heavy (non-hydrogen) atoms. The van der Waals surface area contributed by atoms with Crippen LogP contribution in [0.3, 0.4) is 0 Å². The number of ether oxygens (including phenoxy) is 3. The van der Waals surface area contributed by atoms with Crippen molar-refractivity contribution in [3.05, 3.63) is 72.7 Å². The van der Waals surface area contributed by atoms with Crippen LogP contribution in [-0.2, 0) is 4.79 Å². The fourth-order valence-electron chi connectivity index (χ4n) is 5.24. The molecule has 0 bridgehead atoms. The average Bonchev–Trinajstić information content (AvgIpc) is 3.66. The van der Waals surface area contributed by atoms with E-state index in [9.17, 15) is 9.18 Å². The molecule has 0 radical (unpaired) electrons. The van der Waals surface area contributed by atoms with Crippen molar-refractivity contribution in [1.29, 1.82) is 0 Å². The molecule has 1 atom stereocenters. The highest BCUT2D eigenvalue weighted by atomic mass is 19.1. The van der Waals surface area contributed by atoms with E-state index >= 15 is 0 Å². The highest BCUT2D eigenvalue weighted by Crippen LogP contribution is 2.39. The van der Waals surface area contributed by atoms with Gasteiger partial charge >= 0.3 is 0 Å². The Kier molecular flexibility index (Phi) is 7.94. The summed E-state index contributed by atoms with van der Waals surface area (Å²) in [4.78, 5) is 27.9. The summed E-state index contributed by atoms with van der Waals surface area (Å²) in [7, 11) is 4.95. The van der Waals surface area contributed by atoms with Gasteiger partial charge in [-0.15, -0.1) is 0 Å². The van der Waals surface area contributed by atoms with Crippen LogP contribution in [0.15, 0.2) is 67.2 Å². The Labute approximate surface area is 252 Å². The quantitative estimate of drug-likeness (QED) is 0.212. The number of fused-ring (bicyclic) bond motifs is 2. The van der Waals surface area contributed by atoms with E-state index in [1.807, 2.05) is 24.9 Å². The molecular formula is C31H31FN8O4. The van der Waals surface area contributed by atoms with Crippen molar-refractivity contribution in [2.75, 3.05) is 38.4 Å². The predicted octanol–water partition coefficient (Wildman–Crippen LogP) is 5.42. The summed E-state index contributed by atoms with van der Waals surface area (Å²) in [5, 5.41) is 10.7. The predicted molar refractivity (Wildman–Crippen MR) is 164 cm³/mol. The maximum Gasteiger partial charge on any atom is 0.284 e. The largest absolute Gasteiger partial charge is 0.494 e. The maximum absolute atomic E-state index is 14.9. The molecule has 0 aliphatic carbocycles. The fourth-order valence-corrected chi connectivity index (χ4v) is 5.24. The highest BCUT2D eigenvalue weighted by molar-refractivity contribution is 6.05. The standard InChI is InChI=1S/C31H31FN8O4/c1-18-10-21(44-20-7-9-40-28(13-20)34-17-36-40)12-27(43-4)29(18)38-30-22-14-25(26(42-3)15-24(22)33-16-35-30)37-31(41)23(32)11-19-6-5-8-39(19)2/h7,9-17,19H,5-6,8H2,1-4H3,(H,37,41)(H,33,35,38)/b23-11+. The fraction of sp³-hybridized carbons (Fsp3) is 0.258. The topological polar surface area (TPSA) is 128 Å². The molecule has 12 nitrogen and oxygen atoms in total. The van der Waals surface area contributed by atoms with Gasteiger partial charge < -0.3 is 24.8 Å². The van der Waals surface area contributed by atoms with Crippen molar-refractivity contribution >= 4 is 39.6 Å². The molecule has 2 N–H and O–H groups in total. The third-order valence-electron chi connectivity index (χ3n) is 7.56. The number of halogens is 1. The molecule has 1 saturated heterocycles. The number of methoxy groups -OCH3 is 2. The number of pyridine rings is 1. The molecular weight excluding hydrogens is 567 g/mol. The van der Waals surface area contributed by atoms with Gasteiger partial charge in [0.1, 0.15) is 41.5 Å². The summed E-state index contributed by atoms with van der Waals surface area (Å²) in [6, 6.07) is 10.4. The Morgan fingerprint density at radius 1 is 1.05 bits per heavy atom. The van der Waals surface area contributed by atoms with Gasteiger partial charge in [0, 0.05) is 35.8 Å². The van der Waals surface area contributed by atoms with Crippen LogP contribution in [0.1, 0.15) is 18.4 Å². The number of benzene rings is 2. The number of amides is 1. The second-order valence-corrected chi connectivity index (χ2v) is 10.4. The third kappa shape index (κ3) is 5.81. The molecule has 1 aliphatic rings. The van der Waals surface area contributed by atoms with Gasteiger partial charge in [-0.3, -0.25) is 9.69 Å². The molecule has 5 aromatic rings. The van der Waals surface area contributed by atoms with Gasteiger partial charge in [-0.1, -0.05) is 0 Å². The van der Waals surface area contributed by atoms with Gasteiger partial charge in [0.15, 0.2) is 11.5 Å². The van der Waals surface area contributed by atoms with Crippen LogP contribution in [0.25, 0.3) is 16.6 Å². The average molecular weight is 599 g/mol. The minimum atomic E-state index is -0.856. The first-order valence-electron chi connectivity index (χ1n) is 14.0. The lowest BCUT2D eigenvalue weighted by Gasteiger charge is -2.18. The van der Waals surface area contributed by atoms with E-state index in [4.69, 9.17) is 14.2 Å². The van der Waals surface area contributed by atoms with Gasteiger partial charge in [0.25, 0.3) is 5.91 Å². The van der Waals surface area contributed by atoms with Crippen LogP contribution in [0.5, 0.6) is 23.0 Å². The summed E-state index contributed by atoms with van der Waals surface area (Å²) >= 11 is 0. The molecule has 0 spiro atoms. The van der Waals surface area contributed by atoms with Gasteiger partial charge in [0.05, 0.1) is 31.1 Å². The zero-order chi connectivity index (χ0) is 30.8. The van der Waals surface area contributed by atoms with E-state index in [-0.39, 0.29) is 11.7 Å². The lowest BCUT2D eigenvalue weighted by Crippen LogP contribution is -2.24. The van der Waals surface area contributed by atoms with Crippen LogP contribution >= 0.6 is 0 Å². The smallest absolute Gasteiger partial charge is 0.284 e. The van der Waals surface area contributed by atoms with E-state index in [0.29, 0.717) is 51.1 Å². The first-order valence-corrected chi connectivity index (χ1v) is 14.0. The lowest BCUT2D eigenvalue weighted by atomic mass is 10.1. The number of nitrogens with zero attached hydrogens (tertiary/aromatic N) is 6. The number of carbonyl (C=O) groups excluding carboxylic acids is 1. The molecule has 1 unspecified atom stereocenters. The summed E-state index contributed by atoms with van der Waals surface area (Å²) in [6.07, 6.45) is 7.79. The number of likely N-dealkylation sites (N-methyl/N-ethyl adjacent to an activating group) is 1. The van der Waals surface area contributed by atoms with Crippen LogP contribution in [-0.4, -0.2) is 69.2 Å². The Morgan fingerprint density at radius 2 is 1.89 bits per heavy atom. The molecule has 2 aromatic carbocycles. The summed E-state index contributed by atoms with van der Waals surface area (Å²) in [5.74, 6) is 0.754. The number of rotatable bonds is 9. The molecule has 13 heteroatoms. The summed E-state index contributed by atoms with van der Waals surface area (Å²) < 4.78 is 33.8. The van der Waals surface area contributed by atoms with Crippen molar-refractivity contribution in [3.8, 4) is 23.0 Å². The number of carbonyl (C=O) groups is 1. The first-order chi connectivity index (χ1) is 21.3. The SMILES string of the molecule is COc1cc2ncnc(Nc3c(C)cc(Oc4ccn5ncnc5c4)cc3OC)c2cc1NC(=O)/C(F)=C\C1CCCN1C. The molecule has 1 amide bonds. The van der Waals surface area contributed by atoms with Gasteiger partial charge in [-0.25, -0.2) is 23.9 Å². The molecule has 3 aromatic heterocycles.